The Kier molecular flexibility index (Phi) is 4.26. The number of hydrogen-bond donors (Lipinski definition) is 1. The van der Waals surface area contributed by atoms with E-state index in [9.17, 15) is 4.79 Å². The molecular formula is C13H17N5O2S. The largest absolute Gasteiger partial charge is 0.366 e. The zero-order valence-electron chi connectivity index (χ0n) is 11.8. The molecule has 1 aliphatic rings. The molecule has 1 atom stereocenters. The van der Waals surface area contributed by atoms with E-state index in [1.807, 2.05) is 17.2 Å². The van der Waals surface area contributed by atoms with E-state index in [1.165, 1.54) is 0 Å². The Hall–Kier alpha value is -1.80. The molecular weight excluding hydrogens is 290 g/mol. The maximum absolute atomic E-state index is 12.3. The van der Waals surface area contributed by atoms with Crippen LogP contribution in [-0.4, -0.2) is 50.7 Å². The minimum atomic E-state index is -0.244. The van der Waals surface area contributed by atoms with Crippen molar-refractivity contribution in [3.05, 3.63) is 28.2 Å². The number of aromatic amines is 1. The van der Waals surface area contributed by atoms with E-state index in [1.54, 1.807) is 16.8 Å². The number of thiazole rings is 1. The van der Waals surface area contributed by atoms with Crippen molar-refractivity contribution in [3.8, 4) is 0 Å². The van der Waals surface area contributed by atoms with Gasteiger partial charge in [-0.15, -0.1) is 11.3 Å². The van der Waals surface area contributed by atoms with E-state index >= 15 is 0 Å². The van der Waals surface area contributed by atoms with E-state index in [2.05, 4.69) is 20.2 Å². The molecule has 0 unspecified atom stereocenters. The highest BCUT2D eigenvalue weighted by atomic mass is 32.1. The third-order valence-corrected chi connectivity index (χ3v) is 4.04. The fraction of sp³-hybridized carbons (Fsp3) is 0.538. The first-order valence-electron chi connectivity index (χ1n) is 6.87. The van der Waals surface area contributed by atoms with Crippen LogP contribution in [-0.2, 0) is 16.0 Å². The summed E-state index contributed by atoms with van der Waals surface area (Å²) < 4.78 is 5.66. The van der Waals surface area contributed by atoms with E-state index in [4.69, 9.17) is 4.74 Å². The highest BCUT2D eigenvalue weighted by Crippen LogP contribution is 2.19. The summed E-state index contributed by atoms with van der Waals surface area (Å²) in [4.78, 5) is 22.6. The predicted molar refractivity (Wildman–Crippen MR) is 76.8 cm³/mol. The number of aromatic nitrogens is 4. The first-order valence-corrected chi connectivity index (χ1v) is 7.82. The van der Waals surface area contributed by atoms with Crippen molar-refractivity contribution in [2.24, 2.45) is 0 Å². The molecule has 1 fully saturated rings. The van der Waals surface area contributed by atoms with Crippen LogP contribution in [0.4, 0.5) is 0 Å². The van der Waals surface area contributed by atoms with Crippen LogP contribution in [0.2, 0.25) is 0 Å². The van der Waals surface area contributed by atoms with E-state index in [0.29, 0.717) is 38.4 Å². The van der Waals surface area contributed by atoms with Crippen LogP contribution in [0, 0.1) is 6.92 Å². The molecule has 3 rings (SSSR count). The molecule has 8 heteroatoms. The number of amides is 1. The van der Waals surface area contributed by atoms with Crippen molar-refractivity contribution in [1.82, 2.24) is 25.1 Å². The average Bonchev–Trinajstić information content (AvgIpc) is 3.16. The van der Waals surface area contributed by atoms with Gasteiger partial charge in [-0.05, 0) is 13.3 Å². The average molecular weight is 307 g/mol. The number of nitrogens with zero attached hydrogens (tertiary/aromatic N) is 4. The molecule has 1 amide bonds. The van der Waals surface area contributed by atoms with Crippen LogP contribution in [0.1, 0.15) is 29.9 Å². The second-order valence-electron chi connectivity index (χ2n) is 4.96. The summed E-state index contributed by atoms with van der Waals surface area (Å²) in [6, 6.07) is 0. The lowest BCUT2D eigenvalue weighted by Gasteiger charge is -2.31. The number of aryl methyl sites for hydroxylation is 2. The van der Waals surface area contributed by atoms with Crippen molar-refractivity contribution in [1.29, 1.82) is 0 Å². The monoisotopic (exact) mass is 307 g/mol. The highest BCUT2D eigenvalue weighted by molar-refractivity contribution is 7.07. The van der Waals surface area contributed by atoms with Gasteiger partial charge in [0.15, 0.2) is 5.82 Å². The molecule has 1 saturated heterocycles. The van der Waals surface area contributed by atoms with Gasteiger partial charge in [0.1, 0.15) is 11.9 Å². The zero-order chi connectivity index (χ0) is 14.7. The minimum absolute atomic E-state index is 0.128. The second kappa shape index (κ2) is 6.31. The van der Waals surface area contributed by atoms with Gasteiger partial charge < -0.3 is 9.64 Å². The molecule has 2 aromatic rings. The fourth-order valence-corrected chi connectivity index (χ4v) is 2.88. The molecule has 112 valence electrons. The van der Waals surface area contributed by atoms with Crippen LogP contribution < -0.4 is 0 Å². The molecule has 0 radical (unpaired) electrons. The van der Waals surface area contributed by atoms with Gasteiger partial charge in [0, 0.05) is 18.3 Å². The number of nitrogens with one attached hydrogen (secondary N) is 1. The molecule has 1 aliphatic heterocycles. The summed E-state index contributed by atoms with van der Waals surface area (Å²) in [5.41, 5.74) is 2.76. The number of rotatable bonds is 4. The summed E-state index contributed by atoms with van der Waals surface area (Å²) in [6.45, 7) is 3.49. The molecule has 3 heterocycles. The predicted octanol–water partition coefficient (Wildman–Crippen LogP) is 1.10. The topological polar surface area (TPSA) is 84.0 Å². The molecule has 1 N–H and O–H groups in total. The van der Waals surface area contributed by atoms with E-state index < -0.39 is 0 Å². The number of morpholine rings is 1. The molecule has 0 bridgehead atoms. The normalized spacial score (nSPS) is 18.9. The van der Waals surface area contributed by atoms with E-state index in [0.717, 1.165) is 11.5 Å². The Morgan fingerprint density at radius 3 is 3.24 bits per heavy atom. The molecule has 0 aromatic carbocycles. The molecule has 21 heavy (non-hydrogen) atoms. The second-order valence-corrected chi connectivity index (χ2v) is 5.68. The highest BCUT2D eigenvalue weighted by Gasteiger charge is 2.27. The van der Waals surface area contributed by atoms with Gasteiger partial charge in [0.05, 0.1) is 24.4 Å². The molecule has 7 nitrogen and oxygen atoms in total. The quantitative estimate of drug-likeness (QED) is 0.914. The van der Waals surface area contributed by atoms with Crippen molar-refractivity contribution in [2.45, 2.75) is 25.9 Å². The van der Waals surface area contributed by atoms with Gasteiger partial charge in [-0.3, -0.25) is 9.89 Å². The first-order chi connectivity index (χ1) is 10.2. The minimum Gasteiger partial charge on any atom is -0.366 e. The standard InChI is InChI=1S/C13H17N5O2S/c1-9-15-13(17-16-9)11-6-18(4-5-20-11)12(19)3-2-10-7-21-8-14-10/h7-8,11H,2-6H2,1H3,(H,15,16,17)/t11-/m0/s1. The Balaban J connectivity index is 1.56. The van der Waals surface area contributed by atoms with Crippen molar-refractivity contribution in [3.63, 3.8) is 0 Å². The number of carbonyl (C=O) groups excluding carboxylic acids is 1. The van der Waals surface area contributed by atoms with Gasteiger partial charge in [0.25, 0.3) is 0 Å². The molecule has 0 aliphatic carbocycles. The van der Waals surface area contributed by atoms with Crippen LogP contribution in [0.25, 0.3) is 0 Å². The van der Waals surface area contributed by atoms with Gasteiger partial charge in [-0.25, -0.2) is 9.97 Å². The maximum atomic E-state index is 12.3. The van der Waals surface area contributed by atoms with Gasteiger partial charge in [-0.1, -0.05) is 0 Å². The first kappa shape index (κ1) is 14.2. The lowest BCUT2D eigenvalue weighted by molar-refractivity contribution is -0.139. The Labute approximate surface area is 126 Å². The smallest absolute Gasteiger partial charge is 0.223 e. The van der Waals surface area contributed by atoms with Crippen LogP contribution in [0.15, 0.2) is 10.9 Å². The molecule has 2 aromatic heterocycles. The molecule has 0 spiro atoms. The zero-order valence-corrected chi connectivity index (χ0v) is 12.6. The Bertz CT molecular complexity index is 597. The lowest BCUT2D eigenvalue weighted by Crippen LogP contribution is -2.42. The number of H-pyrrole nitrogens is 1. The maximum Gasteiger partial charge on any atom is 0.223 e. The van der Waals surface area contributed by atoms with Crippen LogP contribution >= 0.6 is 11.3 Å². The summed E-state index contributed by atoms with van der Waals surface area (Å²) in [5.74, 6) is 1.49. The number of ether oxygens (including phenoxy) is 1. The fourth-order valence-electron chi connectivity index (χ4n) is 2.29. The third kappa shape index (κ3) is 3.45. The SMILES string of the molecule is Cc1nc([C@@H]2CN(C(=O)CCc3cscn3)CCO2)n[nH]1. The van der Waals surface area contributed by atoms with Crippen molar-refractivity contribution >= 4 is 17.2 Å². The lowest BCUT2D eigenvalue weighted by atomic mass is 10.2. The van der Waals surface area contributed by atoms with Gasteiger partial charge in [-0.2, -0.15) is 5.10 Å². The summed E-state index contributed by atoms with van der Waals surface area (Å²) in [7, 11) is 0. The summed E-state index contributed by atoms with van der Waals surface area (Å²) in [6.07, 6.45) is 0.917. The number of carbonyl (C=O) groups is 1. The van der Waals surface area contributed by atoms with Crippen molar-refractivity contribution < 1.29 is 9.53 Å². The Morgan fingerprint density at radius 1 is 1.62 bits per heavy atom. The van der Waals surface area contributed by atoms with Crippen LogP contribution in [0.3, 0.4) is 0 Å². The van der Waals surface area contributed by atoms with Crippen LogP contribution in [0.5, 0.6) is 0 Å². The summed E-state index contributed by atoms with van der Waals surface area (Å²) in [5, 5.41) is 8.89. The number of hydrogen-bond acceptors (Lipinski definition) is 6. The van der Waals surface area contributed by atoms with E-state index in [-0.39, 0.29) is 12.0 Å². The van der Waals surface area contributed by atoms with Gasteiger partial charge >= 0.3 is 0 Å². The van der Waals surface area contributed by atoms with Gasteiger partial charge in [0.2, 0.25) is 5.91 Å². The Morgan fingerprint density at radius 2 is 2.52 bits per heavy atom. The summed E-state index contributed by atoms with van der Waals surface area (Å²) >= 11 is 1.55. The third-order valence-electron chi connectivity index (χ3n) is 3.40. The van der Waals surface area contributed by atoms with Crippen molar-refractivity contribution in [2.75, 3.05) is 19.7 Å². The molecule has 0 saturated carbocycles.